The Labute approximate surface area is 118 Å². The molecule has 0 heterocycles. The number of isothiocyanates is 1. The van der Waals surface area contributed by atoms with Crippen LogP contribution in [-0.4, -0.2) is 12.3 Å². The number of ether oxygens (including phenoxy) is 1. The number of benzene rings is 2. The molecule has 0 aromatic heterocycles. The highest BCUT2D eigenvalue weighted by molar-refractivity contribution is 7.78. The Morgan fingerprint density at radius 1 is 0.947 bits per heavy atom. The molecule has 0 radical (unpaired) electrons. The Bertz CT molecular complexity index is 608. The van der Waals surface area contributed by atoms with Gasteiger partial charge in [-0.2, -0.15) is 4.99 Å². The lowest BCUT2D eigenvalue weighted by molar-refractivity contribution is 0.415. The molecule has 2 rings (SSSR count). The molecule has 94 valence electrons. The quantitative estimate of drug-likeness (QED) is 0.458. The minimum Gasteiger partial charge on any atom is -0.497 e. The Balaban J connectivity index is 2.10. The van der Waals surface area contributed by atoms with Crippen molar-refractivity contribution in [1.82, 2.24) is 0 Å². The van der Waals surface area contributed by atoms with Gasteiger partial charge in [-0.15, -0.1) is 0 Å². The van der Waals surface area contributed by atoms with Gasteiger partial charge < -0.3 is 4.74 Å². The van der Waals surface area contributed by atoms with E-state index in [4.69, 9.17) is 4.74 Å². The SMILES string of the molecule is COc1ccc(C=Cc2ccc(N=C=S)cc2)cc1. The van der Waals surface area contributed by atoms with Crippen LogP contribution in [0.4, 0.5) is 5.69 Å². The molecule has 0 unspecified atom stereocenters. The van der Waals surface area contributed by atoms with E-state index in [-0.39, 0.29) is 0 Å². The number of hydrogen-bond acceptors (Lipinski definition) is 3. The van der Waals surface area contributed by atoms with E-state index in [1.807, 2.05) is 54.6 Å². The molecule has 0 atom stereocenters. The van der Waals surface area contributed by atoms with E-state index in [9.17, 15) is 0 Å². The fourth-order valence-electron chi connectivity index (χ4n) is 1.62. The second-order valence-corrected chi connectivity index (χ2v) is 4.08. The van der Waals surface area contributed by atoms with E-state index in [0.717, 1.165) is 22.6 Å². The van der Waals surface area contributed by atoms with Gasteiger partial charge in [0.1, 0.15) is 5.75 Å². The lowest BCUT2D eigenvalue weighted by Gasteiger charge is -1.99. The zero-order chi connectivity index (χ0) is 13.5. The Hall–Kier alpha value is -2.22. The lowest BCUT2D eigenvalue weighted by atomic mass is 10.1. The summed E-state index contributed by atoms with van der Waals surface area (Å²) in [4.78, 5) is 3.91. The fourth-order valence-corrected chi connectivity index (χ4v) is 1.73. The summed E-state index contributed by atoms with van der Waals surface area (Å²) < 4.78 is 5.12. The Kier molecular flexibility index (Phi) is 4.62. The number of methoxy groups -OCH3 is 1. The van der Waals surface area contributed by atoms with Gasteiger partial charge in [-0.3, -0.25) is 0 Å². The van der Waals surface area contributed by atoms with Gasteiger partial charge in [-0.1, -0.05) is 36.4 Å². The molecular formula is C16H13NOS. The molecule has 0 saturated carbocycles. The van der Waals surface area contributed by atoms with Crippen LogP contribution in [-0.2, 0) is 0 Å². The molecule has 0 aliphatic rings. The summed E-state index contributed by atoms with van der Waals surface area (Å²) in [6.45, 7) is 0. The van der Waals surface area contributed by atoms with Crippen molar-refractivity contribution in [1.29, 1.82) is 0 Å². The summed E-state index contributed by atoms with van der Waals surface area (Å²) in [5, 5.41) is 2.35. The van der Waals surface area contributed by atoms with Crippen LogP contribution in [0.5, 0.6) is 5.75 Å². The van der Waals surface area contributed by atoms with Crippen LogP contribution in [0.2, 0.25) is 0 Å². The highest BCUT2D eigenvalue weighted by atomic mass is 32.1. The highest BCUT2D eigenvalue weighted by Crippen LogP contribution is 2.16. The van der Waals surface area contributed by atoms with Gasteiger partial charge in [0.2, 0.25) is 0 Å². The molecule has 0 aliphatic carbocycles. The summed E-state index contributed by atoms with van der Waals surface area (Å²) in [7, 11) is 1.66. The van der Waals surface area contributed by atoms with Crippen LogP contribution in [0.25, 0.3) is 12.2 Å². The van der Waals surface area contributed by atoms with Crippen molar-refractivity contribution in [2.45, 2.75) is 0 Å². The smallest absolute Gasteiger partial charge is 0.118 e. The van der Waals surface area contributed by atoms with Crippen molar-refractivity contribution in [3.8, 4) is 5.75 Å². The standard InChI is InChI=1S/C16H13NOS/c1-18-16-10-6-14(7-11-16)3-2-13-4-8-15(9-5-13)17-12-19/h2-11H,1H3. The van der Waals surface area contributed by atoms with Gasteiger partial charge in [-0.25, -0.2) is 0 Å². The monoisotopic (exact) mass is 267 g/mol. The fraction of sp³-hybridized carbons (Fsp3) is 0.0625. The highest BCUT2D eigenvalue weighted by Gasteiger charge is 1.92. The summed E-state index contributed by atoms with van der Waals surface area (Å²) in [6, 6.07) is 15.7. The van der Waals surface area contributed by atoms with E-state index in [1.165, 1.54) is 0 Å². The number of nitrogens with zero attached hydrogens (tertiary/aromatic N) is 1. The van der Waals surface area contributed by atoms with Crippen molar-refractivity contribution in [2.24, 2.45) is 4.99 Å². The van der Waals surface area contributed by atoms with E-state index in [1.54, 1.807) is 7.11 Å². The van der Waals surface area contributed by atoms with Crippen LogP contribution in [0.3, 0.4) is 0 Å². The molecular weight excluding hydrogens is 254 g/mol. The first-order valence-corrected chi connectivity index (χ1v) is 6.23. The van der Waals surface area contributed by atoms with Crippen LogP contribution in [0.1, 0.15) is 11.1 Å². The lowest BCUT2D eigenvalue weighted by Crippen LogP contribution is -1.81. The predicted molar refractivity (Wildman–Crippen MR) is 83.1 cm³/mol. The number of aliphatic imine (C=N–C) groups is 1. The van der Waals surface area contributed by atoms with Gasteiger partial charge in [0, 0.05) is 0 Å². The predicted octanol–water partition coefficient (Wildman–Crippen LogP) is 4.60. The van der Waals surface area contributed by atoms with E-state index < -0.39 is 0 Å². The largest absolute Gasteiger partial charge is 0.497 e. The molecule has 2 aromatic carbocycles. The molecule has 0 fully saturated rings. The maximum Gasteiger partial charge on any atom is 0.118 e. The van der Waals surface area contributed by atoms with Gasteiger partial charge >= 0.3 is 0 Å². The molecule has 3 heteroatoms. The molecule has 0 N–H and O–H groups in total. The van der Waals surface area contributed by atoms with E-state index in [2.05, 4.69) is 28.4 Å². The van der Waals surface area contributed by atoms with Crippen LogP contribution in [0, 0.1) is 0 Å². The molecule has 0 bridgehead atoms. The molecule has 19 heavy (non-hydrogen) atoms. The summed E-state index contributed by atoms with van der Waals surface area (Å²) in [6.07, 6.45) is 4.10. The summed E-state index contributed by atoms with van der Waals surface area (Å²) >= 11 is 4.56. The average molecular weight is 267 g/mol. The second kappa shape index (κ2) is 6.64. The topological polar surface area (TPSA) is 21.6 Å². The second-order valence-electron chi connectivity index (χ2n) is 3.90. The number of rotatable bonds is 4. The summed E-state index contributed by atoms with van der Waals surface area (Å²) in [5.41, 5.74) is 3.05. The number of hydrogen-bond donors (Lipinski definition) is 0. The molecule has 0 aliphatic heterocycles. The molecule has 0 amide bonds. The van der Waals surface area contributed by atoms with Crippen molar-refractivity contribution in [3.05, 3.63) is 59.7 Å². The van der Waals surface area contributed by atoms with Gasteiger partial charge in [0.15, 0.2) is 0 Å². The van der Waals surface area contributed by atoms with Crippen molar-refractivity contribution in [3.63, 3.8) is 0 Å². The molecule has 0 spiro atoms. The third kappa shape index (κ3) is 3.88. The van der Waals surface area contributed by atoms with E-state index >= 15 is 0 Å². The zero-order valence-corrected chi connectivity index (χ0v) is 11.4. The van der Waals surface area contributed by atoms with Crippen molar-refractivity contribution in [2.75, 3.05) is 7.11 Å². The molecule has 0 saturated heterocycles. The molecule has 2 aromatic rings. The first kappa shape index (κ1) is 13.2. The third-order valence-corrected chi connectivity index (χ3v) is 2.74. The first-order valence-electron chi connectivity index (χ1n) is 5.82. The maximum absolute atomic E-state index is 5.12. The Morgan fingerprint density at radius 3 is 1.95 bits per heavy atom. The molecule has 2 nitrogen and oxygen atoms in total. The normalized spacial score (nSPS) is 10.2. The van der Waals surface area contributed by atoms with Crippen molar-refractivity contribution < 1.29 is 4.74 Å². The van der Waals surface area contributed by atoms with Crippen LogP contribution >= 0.6 is 12.2 Å². The average Bonchev–Trinajstić information content (AvgIpc) is 2.47. The number of thiocarbonyl (C=S) groups is 1. The van der Waals surface area contributed by atoms with Crippen LogP contribution < -0.4 is 4.74 Å². The van der Waals surface area contributed by atoms with Gasteiger partial charge in [0.25, 0.3) is 0 Å². The minimum atomic E-state index is 0.816. The van der Waals surface area contributed by atoms with Crippen LogP contribution in [0.15, 0.2) is 53.5 Å². The van der Waals surface area contributed by atoms with Crippen molar-refractivity contribution >= 4 is 35.2 Å². The van der Waals surface area contributed by atoms with E-state index in [0.29, 0.717) is 0 Å². The third-order valence-electron chi connectivity index (χ3n) is 2.65. The zero-order valence-electron chi connectivity index (χ0n) is 10.5. The Morgan fingerprint density at radius 2 is 1.47 bits per heavy atom. The summed E-state index contributed by atoms with van der Waals surface area (Å²) in [5.74, 6) is 0.861. The first-order chi connectivity index (χ1) is 9.31. The maximum atomic E-state index is 5.12. The van der Waals surface area contributed by atoms with Gasteiger partial charge in [-0.05, 0) is 47.6 Å². The minimum absolute atomic E-state index is 0.816. The van der Waals surface area contributed by atoms with Gasteiger partial charge in [0.05, 0.1) is 18.0 Å².